The van der Waals surface area contributed by atoms with Crippen molar-refractivity contribution in [2.45, 2.75) is 31.9 Å². The second kappa shape index (κ2) is 8.61. The van der Waals surface area contributed by atoms with Crippen molar-refractivity contribution >= 4 is 12.2 Å². The average Bonchev–Trinajstić information content (AvgIpc) is 3.49. The van der Waals surface area contributed by atoms with E-state index in [2.05, 4.69) is 21.1 Å². The molecule has 0 fully saturated rings. The van der Waals surface area contributed by atoms with Crippen LogP contribution in [0.5, 0.6) is 5.75 Å². The van der Waals surface area contributed by atoms with Gasteiger partial charge in [0, 0.05) is 12.7 Å². The number of aryl methyl sites for hydroxylation is 2. The summed E-state index contributed by atoms with van der Waals surface area (Å²) < 4.78 is 9.29. The van der Waals surface area contributed by atoms with E-state index in [1.54, 1.807) is 42.4 Å². The Hall–Kier alpha value is -4.22. The number of hydrogen-bond acceptors (Lipinski definition) is 6. The number of imidazole rings is 1. The van der Waals surface area contributed by atoms with Crippen molar-refractivity contribution in [3.8, 4) is 17.5 Å². The molecule has 2 aromatic carbocycles. The van der Waals surface area contributed by atoms with Gasteiger partial charge in [-0.2, -0.15) is 10.4 Å². The summed E-state index contributed by atoms with van der Waals surface area (Å²) in [5.41, 5.74) is 2.81. The third-order valence-corrected chi connectivity index (χ3v) is 6.08. The number of nitriles is 1. The summed E-state index contributed by atoms with van der Waals surface area (Å²) in [6.45, 7) is 2.64. The van der Waals surface area contributed by atoms with Gasteiger partial charge in [0.25, 0.3) is 0 Å². The molecule has 0 saturated heterocycles. The SMILES string of the molecule is COc1cc(C=Cc2nc3n(n2)CCCC3(O)c2ccc(C#N)cc2)ccc1-n1cnc(C)c1. The molecule has 3 heterocycles. The van der Waals surface area contributed by atoms with Gasteiger partial charge in [-0.3, -0.25) is 0 Å². The molecule has 5 rings (SSSR count). The number of fused-ring (bicyclic) bond motifs is 1. The first-order valence-electron chi connectivity index (χ1n) is 11.1. The zero-order valence-corrected chi connectivity index (χ0v) is 19.0. The maximum absolute atomic E-state index is 11.5. The fraction of sp³-hybridized carbons (Fsp3) is 0.231. The minimum absolute atomic E-state index is 0.520. The minimum Gasteiger partial charge on any atom is -0.495 e. The maximum Gasteiger partial charge on any atom is 0.174 e. The van der Waals surface area contributed by atoms with Crippen LogP contribution >= 0.6 is 0 Å². The van der Waals surface area contributed by atoms with Gasteiger partial charge in [0.05, 0.1) is 36.5 Å². The second-order valence-electron chi connectivity index (χ2n) is 8.36. The first-order chi connectivity index (χ1) is 16.5. The number of ether oxygens (including phenoxy) is 1. The minimum atomic E-state index is -1.24. The van der Waals surface area contributed by atoms with Crippen molar-refractivity contribution in [2.75, 3.05) is 7.11 Å². The molecule has 1 aliphatic heterocycles. The Balaban J connectivity index is 1.43. The highest BCUT2D eigenvalue weighted by Gasteiger charge is 2.39. The van der Waals surface area contributed by atoms with Crippen molar-refractivity contribution in [2.24, 2.45) is 0 Å². The standard InChI is InChI=1S/C26H24N6O2/c1-18-16-31(17-28-18)22-10-6-19(14-23(22)34-2)7-11-24-29-25-26(33,12-3-13-32(25)30-24)21-8-4-20(15-27)5-9-21/h4-11,14,16-17,33H,3,12-13H2,1-2H3. The Morgan fingerprint density at radius 2 is 2.00 bits per heavy atom. The van der Waals surface area contributed by atoms with Crippen LogP contribution in [-0.4, -0.2) is 36.5 Å². The number of methoxy groups -OCH3 is 1. The third kappa shape index (κ3) is 3.87. The maximum atomic E-state index is 11.5. The molecule has 1 unspecified atom stereocenters. The Bertz CT molecular complexity index is 1410. The van der Waals surface area contributed by atoms with E-state index in [0.29, 0.717) is 35.7 Å². The number of aliphatic hydroxyl groups is 1. The Kier molecular flexibility index (Phi) is 5.48. The first kappa shape index (κ1) is 21.6. The molecule has 170 valence electrons. The van der Waals surface area contributed by atoms with E-state index in [-0.39, 0.29) is 0 Å². The van der Waals surface area contributed by atoms with Crippen molar-refractivity contribution in [1.29, 1.82) is 5.26 Å². The number of hydrogen-bond donors (Lipinski definition) is 1. The normalized spacial score (nSPS) is 17.5. The topological polar surface area (TPSA) is 102 Å². The Labute approximate surface area is 197 Å². The Morgan fingerprint density at radius 3 is 2.71 bits per heavy atom. The predicted molar refractivity (Wildman–Crippen MR) is 127 cm³/mol. The van der Waals surface area contributed by atoms with Gasteiger partial charge in [-0.15, -0.1) is 0 Å². The van der Waals surface area contributed by atoms with Gasteiger partial charge >= 0.3 is 0 Å². The van der Waals surface area contributed by atoms with Crippen molar-refractivity contribution in [3.05, 3.63) is 89.0 Å². The van der Waals surface area contributed by atoms with Crippen LogP contribution in [-0.2, 0) is 12.1 Å². The number of nitrogens with zero attached hydrogens (tertiary/aromatic N) is 6. The smallest absolute Gasteiger partial charge is 0.174 e. The Morgan fingerprint density at radius 1 is 1.18 bits per heavy atom. The fourth-order valence-electron chi connectivity index (χ4n) is 4.32. The van der Waals surface area contributed by atoms with Gasteiger partial charge in [0.2, 0.25) is 0 Å². The lowest BCUT2D eigenvalue weighted by Crippen LogP contribution is -2.35. The van der Waals surface area contributed by atoms with Crippen LogP contribution in [0.3, 0.4) is 0 Å². The average molecular weight is 453 g/mol. The number of benzene rings is 2. The predicted octanol–water partition coefficient (Wildman–Crippen LogP) is 3.85. The summed E-state index contributed by atoms with van der Waals surface area (Å²) in [6, 6.07) is 15.0. The summed E-state index contributed by atoms with van der Waals surface area (Å²) >= 11 is 0. The quantitative estimate of drug-likeness (QED) is 0.493. The van der Waals surface area contributed by atoms with Crippen LogP contribution in [0.15, 0.2) is 55.0 Å². The third-order valence-electron chi connectivity index (χ3n) is 6.08. The summed E-state index contributed by atoms with van der Waals surface area (Å²) in [7, 11) is 1.64. The van der Waals surface area contributed by atoms with E-state index >= 15 is 0 Å². The van der Waals surface area contributed by atoms with Gasteiger partial charge < -0.3 is 14.4 Å². The molecular formula is C26H24N6O2. The molecule has 0 saturated carbocycles. The molecule has 0 bridgehead atoms. The molecular weight excluding hydrogens is 428 g/mol. The monoisotopic (exact) mass is 452 g/mol. The van der Waals surface area contributed by atoms with Gasteiger partial charge in [-0.25, -0.2) is 14.6 Å². The van der Waals surface area contributed by atoms with Gasteiger partial charge in [-0.1, -0.05) is 24.3 Å². The van der Waals surface area contributed by atoms with E-state index in [1.165, 1.54) is 0 Å². The molecule has 34 heavy (non-hydrogen) atoms. The summed E-state index contributed by atoms with van der Waals surface area (Å²) in [4.78, 5) is 8.94. The van der Waals surface area contributed by atoms with E-state index in [0.717, 1.165) is 29.1 Å². The molecule has 0 aliphatic carbocycles. The summed E-state index contributed by atoms with van der Waals surface area (Å²) in [5, 5.41) is 25.2. The lowest BCUT2D eigenvalue weighted by molar-refractivity contribution is 0.0395. The van der Waals surface area contributed by atoms with E-state index in [4.69, 9.17) is 10.00 Å². The number of rotatable bonds is 5. The molecule has 2 aromatic heterocycles. The summed E-state index contributed by atoms with van der Waals surface area (Å²) in [5.74, 6) is 1.77. The van der Waals surface area contributed by atoms with Crippen LogP contribution in [0, 0.1) is 18.3 Å². The molecule has 0 radical (unpaired) electrons. The fourth-order valence-corrected chi connectivity index (χ4v) is 4.32. The number of aromatic nitrogens is 5. The molecule has 8 nitrogen and oxygen atoms in total. The van der Waals surface area contributed by atoms with Gasteiger partial charge in [-0.05, 0) is 61.2 Å². The molecule has 4 aromatic rings. The molecule has 1 aliphatic rings. The van der Waals surface area contributed by atoms with Crippen LogP contribution < -0.4 is 4.74 Å². The zero-order valence-electron chi connectivity index (χ0n) is 19.0. The molecule has 0 spiro atoms. The van der Waals surface area contributed by atoms with Gasteiger partial charge in [0.1, 0.15) is 11.4 Å². The lowest BCUT2D eigenvalue weighted by Gasteiger charge is -2.31. The van der Waals surface area contributed by atoms with Crippen molar-refractivity contribution in [1.82, 2.24) is 24.3 Å². The van der Waals surface area contributed by atoms with E-state index in [9.17, 15) is 5.11 Å². The molecule has 0 amide bonds. The highest BCUT2D eigenvalue weighted by Crippen LogP contribution is 2.36. The molecule has 8 heteroatoms. The van der Waals surface area contributed by atoms with Crippen LogP contribution in [0.2, 0.25) is 0 Å². The van der Waals surface area contributed by atoms with Crippen molar-refractivity contribution in [3.63, 3.8) is 0 Å². The highest BCUT2D eigenvalue weighted by molar-refractivity contribution is 5.69. The first-order valence-corrected chi connectivity index (χ1v) is 11.1. The van der Waals surface area contributed by atoms with Crippen LogP contribution in [0.1, 0.15) is 46.9 Å². The van der Waals surface area contributed by atoms with Crippen LogP contribution in [0.4, 0.5) is 0 Å². The molecule has 1 atom stereocenters. The van der Waals surface area contributed by atoms with Crippen molar-refractivity contribution < 1.29 is 9.84 Å². The van der Waals surface area contributed by atoms with Crippen LogP contribution in [0.25, 0.3) is 17.8 Å². The highest BCUT2D eigenvalue weighted by atomic mass is 16.5. The van der Waals surface area contributed by atoms with E-state index < -0.39 is 5.60 Å². The molecule has 1 N–H and O–H groups in total. The van der Waals surface area contributed by atoms with E-state index in [1.807, 2.05) is 48.0 Å². The second-order valence-corrected chi connectivity index (χ2v) is 8.36. The summed E-state index contributed by atoms with van der Waals surface area (Å²) in [6.07, 6.45) is 8.79. The van der Waals surface area contributed by atoms with Gasteiger partial charge in [0.15, 0.2) is 11.6 Å². The zero-order chi connectivity index (χ0) is 23.7. The largest absolute Gasteiger partial charge is 0.495 e. The lowest BCUT2D eigenvalue weighted by atomic mass is 9.86.